The molecule has 0 spiro atoms. The second kappa shape index (κ2) is 5.36. The molecule has 0 bridgehead atoms. The molecule has 1 atom stereocenters. The van der Waals surface area contributed by atoms with Gasteiger partial charge in [-0.1, -0.05) is 26.0 Å². The molecule has 0 aliphatic carbocycles. The Morgan fingerprint density at radius 1 is 1.40 bits per heavy atom. The first-order valence-corrected chi connectivity index (χ1v) is 6.42. The van der Waals surface area contributed by atoms with Crippen LogP contribution in [0.25, 0.3) is 0 Å². The van der Waals surface area contributed by atoms with E-state index in [9.17, 15) is 18.7 Å². The average molecular weight is 284 g/mol. The first kappa shape index (κ1) is 14.7. The lowest BCUT2D eigenvalue weighted by molar-refractivity contribution is 0.0957. The highest BCUT2D eigenvalue weighted by Crippen LogP contribution is 2.30. The minimum Gasteiger partial charge on any atom is -0.391 e. The lowest BCUT2D eigenvalue weighted by atomic mass is 9.90. The van der Waals surface area contributed by atoms with Gasteiger partial charge in [-0.3, -0.25) is 0 Å². The van der Waals surface area contributed by atoms with E-state index in [0.717, 1.165) is 0 Å². The number of anilines is 1. The van der Waals surface area contributed by atoms with Crippen LogP contribution >= 0.6 is 0 Å². The quantitative estimate of drug-likeness (QED) is 0.877. The molecule has 1 heterocycles. The second-order valence-corrected chi connectivity index (χ2v) is 5.74. The Bertz CT molecular complexity index is 488. The Hall–Kier alpha value is -1.69. The molecule has 20 heavy (non-hydrogen) atoms. The summed E-state index contributed by atoms with van der Waals surface area (Å²) in [6.07, 6.45) is -3.08. The highest BCUT2D eigenvalue weighted by Gasteiger charge is 2.40. The van der Waals surface area contributed by atoms with Crippen LogP contribution < -0.4 is 5.32 Å². The van der Waals surface area contributed by atoms with E-state index in [1.165, 1.54) is 29.2 Å². The zero-order chi connectivity index (χ0) is 14.9. The standard InChI is InChI=1S/C14H18F2N2O2/c1-14(2)8-18(7-11(14)19)13(20)17-10-5-3-9(4-6-10)12(15)16/h3-6,11-12,19H,7-8H2,1-2H3,(H,17,20). The maximum absolute atomic E-state index is 12.4. The number of likely N-dealkylation sites (tertiary alicyclic amines) is 1. The van der Waals surface area contributed by atoms with Crippen LogP contribution in [0.1, 0.15) is 25.8 Å². The molecule has 1 aromatic rings. The molecule has 1 saturated heterocycles. The predicted molar refractivity (Wildman–Crippen MR) is 71.8 cm³/mol. The van der Waals surface area contributed by atoms with Gasteiger partial charge in [0.15, 0.2) is 0 Å². The molecular weight excluding hydrogens is 266 g/mol. The number of aliphatic hydroxyl groups excluding tert-OH is 1. The van der Waals surface area contributed by atoms with E-state index in [-0.39, 0.29) is 23.6 Å². The van der Waals surface area contributed by atoms with Gasteiger partial charge in [0.05, 0.1) is 6.10 Å². The molecule has 0 radical (unpaired) electrons. The van der Waals surface area contributed by atoms with Crippen LogP contribution in [0.5, 0.6) is 0 Å². The smallest absolute Gasteiger partial charge is 0.321 e. The number of carbonyl (C=O) groups excluding carboxylic acids is 1. The number of nitrogens with one attached hydrogen (secondary N) is 1. The Labute approximate surface area is 116 Å². The Balaban J connectivity index is 1.98. The van der Waals surface area contributed by atoms with Crippen molar-refractivity contribution in [1.29, 1.82) is 0 Å². The van der Waals surface area contributed by atoms with E-state index in [1.54, 1.807) is 0 Å². The van der Waals surface area contributed by atoms with Gasteiger partial charge in [-0.25, -0.2) is 13.6 Å². The summed E-state index contributed by atoms with van der Waals surface area (Å²) in [6.45, 7) is 4.51. The van der Waals surface area contributed by atoms with Crippen LogP contribution in [-0.4, -0.2) is 35.2 Å². The fourth-order valence-corrected chi connectivity index (χ4v) is 2.19. The molecule has 1 unspecified atom stereocenters. The number of amides is 2. The number of hydrogen-bond acceptors (Lipinski definition) is 2. The third kappa shape index (κ3) is 3.07. The molecule has 110 valence electrons. The van der Waals surface area contributed by atoms with Gasteiger partial charge >= 0.3 is 6.03 Å². The van der Waals surface area contributed by atoms with Gasteiger partial charge in [0.1, 0.15) is 0 Å². The van der Waals surface area contributed by atoms with Gasteiger partial charge in [0.25, 0.3) is 6.43 Å². The molecule has 0 aromatic heterocycles. The number of rotatable bonds is 2. The highest BCUT2D eigenvalue weighted by atomic mass is 19.3. The summed E-state index contributed by atoms with van der Waals surface area (Å²) in [7, 11) is 0. The Morgan fingerprint density at radius 3 is 2.45 bits per heavy atom. The molecular formula is C14H18F2N2O2. The summed E-state index contributed by atoms with van der Waals surface area (Å²) in [5.41, 5.74) is 0.0379. The Morgan fingerprint density at radius 2 is 2.00 bits per heavy atom. The molecule has 2 amide bonds. The lowest BCUT2D eigenvalue weighted by Gasteiger charge is -2.21. The van der Waals surface area contributed by atoms with Crippen molar-refractivity contribution in [3.05, 3.63) is 29.8 Å². The second-order valence-electron chi connectivity index (χ2n) is 5.74. The van der Waals surface area contributed by atoms with E-state index in [0.29, 0.717) is 12.2 Å². The van der Waals surface area contributed by atoms with Crippen molar-refractivity contribution in [3.8, 4) is 0 Å². The molecule has 6 heteroatoms. The van der Waals surface area contributed by atoms with Crippen molar-refractivity contribution >= 4 is 11.7 Å². The number of benzene rings is 1. The number of halogens is 2. The molecule has 1 aromatic carbocycles. The minimum absolute atomic E-state index is 0.0827. The van der Waals surface area contributed by atoms with E-state index in [2.05, 4.69) is 5.32 Å². The van der Waals surface area contributed by atoms with Gasteiger partial charge in [-0.05, 0) is 12.1 Å². The maximum Gasteiger partial charge on any atom is 0.321 e. The normalized spacial score (nSPS) is 21.3. The summed E-state index contributed by atoms with van der Waals surface area (Å²) < 4.78 is 24.8. The molecule has 1 fully saturated rings. The lowest BCUT2D eigenvalue weighted by Crippen LogP contribution is -2.34. The van der Waals surface area contributed by atoms with Gasteiger partial charge in [-0.15, -0.1) is 0 Å². The fourth-order valence-electron chi connectivity index (χ4n) is 2.19. The topological polar surface area (TPSA) is 52.6 Å². The number of urea groups is 1. The van der Waals surface area contributed by atoms with E-state index < -0.39 is 12.5 Å². The number of carbonyl (C=O) groups is 1. The molecule has 1 aliphatic rings. The van der Waals surface area contributed by atoms with Crippen molar-refractivity contribution in [3.63, 3.8) is 0 Å². The monoisotopic (exact) mass is 284 g/mol. The van der Waals surface area contributed by atoms with E-state index in [1.807, 2.05) is 13.8 Å². The van der Waals surface area contributed by atoms with Crippen LogP contribution in [0.4, 0.5) is 19.3 Å². The van der Waals surface area contributed by atoms with Crippen LogP contribution in [0.3, 0.4) is 0 Å². The van der Waals surface area contributed by atoms with Crippen molar-refractivity contribution in [2.75, 3.05) is 18.4 Å². The average Bonchev–Trinajstić information content (AvgIpc) is 2.64. The van der Waals surface area contributed by atoms with Gasteiger partial charge in [0.2, 0.25) is 0 Å². The van der Waals surface area contributed by atoms with Gasteiger partial charge in [0, 0.05) is 29.8 Å². The zero-order valence-corrected chi connectivity index (χ0v) is 11.4. The van der Waals surface area contributed by atoms with Crippen LogP contribution in [-0.2, 0) is 0 Å². The number of alkyl halides is 2. The SMILES string of the molecule is CC1(C)CN(C(=O)Nc2ccc(C(F)F)cc2)CC1O. The highest BCUT2D eigenvalue weighted by molar-refractivity contribution is 5.89. The Kier molecular flexibility index (Phi) is 3.94. The molecule has 2 N–H and O–H groups in total. The third-order valence-corrected chi connectivity index (χ3v) is 3.59. The van der Waals surface area contributed by atoms with E-state index >= 15 is 0 Å². The third-order valence-electron chi connectivity index (χ3n) is 3.59. The van der Waals surface area contributed by atoms with Crippen molar-refractivity contribution in [1.82, 2.24) is 4.90 Å². The summed E-state index contributed by atoms with van der Waals surface area (Å²) >= 11 is 0. The van der Waals surface area contributed by atoms with Crippen molar-refractivity contribution in [2.24, 2.45) is 5.41 Å². The van der Waals surface area contributed by atoms with Gasteiger partial charge < -0.3 is 15.3 Å². The van der Waals surface area contributed by atoms with Gasteiger partial charge in [-0.2, -0.15) is 0 Å². The van der Waals surface area contributed by atoms with E-state index in [4.69, 9.17) is 0 Å². The molecule has 4 nitrogen and oxygen atoms in total. The van der Waals surface area contributed by atoms with Crippen LogP contribution in [0.15, 0.2) is 24.3 Å². The minimum atomic E-state index is -2.52. The number of aliphatic hydroxyl groups is 1. The number of hydrogen-bond donors (Lipinski definition) is 2. The zero-order valence-electron chi connectivity index (χ0n) is 11.4. The largest absolute Gasteiger partial charge is 0.391 e. The first-order valence-electron chi connectivity index (χ1n) is 6.42. The predicted octanol–water partition coefficient (Wildman–Crippen LogP) is 2.86. The summed E-state index contributed by atoms with van der Waals surface area (Å²) in [4.78, 5) is 13.5. The first-order chi connectivity index (χ1) is 9.29. The number of nitrogens with zero attached hydrogens (tertiary/aromatic N) is 1. The van der Waals surface area contributed by atoms with Crippen molar-refractivity contribution in [2.45, 2.75) is 26.4 Å². The summed E-state index contributed by atoms with van der Waals surface area (Å²) in [5.74, 6) is 0. The summed E-state index contributed by atoms with van der Waals surface area (Å²) in [6, 6.07) is 5.11. The van der Waals surface area contributed by atoms with Crippen LogP contribution in [0.2, 0.25) is 0 Å². The molecule has 1 aliphatic heterocycles. The maximum atomic E-state index is 12.4. The van der Waals surface area contributed by atoms with Crippen LogP contribution in [0, 0.1) is 5.41 Å². The summed E-state index contributed by atoms with van der Waals surface area (Å²) in [5, 5.41) is 12.5. The molecule has 0 saturated carbocycles. The fraction of sp³-hybridized carbons (Fsp3) is 0.500. The van der Waals surface area contributed by atoms with Crippen molar-refractivity contribution < 1.29 is 18.7 Å². The number of β-amino-alcohol motifs (C(OH)–C–C–N with tert-alkyl or cyclic N) is 1. The molecule has 2 rings (SSSR count).